The molecule has 0 spiro atoms. The Kier molecular flexibility index (Phi) is 4.69. The molecule has 0 saturated carbocycles. The maximum absolute atomic E-state index is 12.7. The van der Waals surface area contributed by atoms with E-state index >= 15 is 0 Å². The molecule has 0 radical (unpaired) electrons. The summed E-state index contributed by atoms with van der Waals surface area (Å²) in [6, 6.07) is 13.6. The first-order valence-corrected chi connectivity index (χ1v) is 7.38. The van der Waals surface area contributed by atoms with E-state index in [1.54, 1.807) is 4.90 Å². The first kappa shape index (κ1) is 15.6. The van der Waals surface area contributed by atoms with Crippen molar-refractivity contribution in [1.29, 1.82) is 0 Å². The second kappa shape index (κ2) is 6.31. The zero-order valence-electron chi connectivity index (χ0n) is 12.9. The number of benzene rings is 2. The molecule has 0 bridgehead atoms. The molecule has 0 aliphatic carbocycles. The Hall–Kier alpha value is -1.80. The second-order valence-electron chi connectivity index (χ2n) is 5.47. The third-order valence-electron chi connectivity index (χ3n) is 3.86. The zero-order chi connectivity index (χ0) is 15.6. The number of amides is 1. The highest BCUT2D eigenvalue weighted by Gasteiger charge is 2.20. The van der Waals surface area contributed by atoms with Crippen LogP contribution in [-0.2, 0) is 0 Å². The molecule has 0 aliphatic heterocycles. The summed E-state index contributed by atoms with van der Waals surface area (Å²) in [7, 11) is 1.83. The molecule has 1 atom stereocenters. The van der Waals surface area contributed by atoms with Gasteiger partial charge in [0.25, 0.3) is 5.91 Å². The molecule has 1 unspecified atom stereocenters. The van der Waals surface area contributed by atoms with Crippen molar-refractivity contribution in [1.82, 2.24) is 4.90 Å². The van der Waals surface area contributed by atoms with Crippen molar-refractivity contribution in [2.24, 2.45) is 0 Å². The van der Waals surface area contributed by atoms with Crippen LogP contribution in [0.4, 0.5) is 0 Å². The molecule has 2 rings (SSSR count). The second-order valence-corrected chi connectivity index (χ2v) is 5.90. The largest absolute Gasteiger partial charge is 0.335 e. The number of rotatable bonds is 3. The summed E-state index contributed by atoms with van der Waals surface area (Å²) in [5, 5.41) is 0.687. The Balaban J connectivity index is 2.28. The van der Waals surface area contributed by atoms with Gasteiger partial charge in [0.15, 0.2) is 0 Å². The fraction of sp³-hybridized carbons (Fsp3) is 0.278. The van der Waals surface area contributed by atoms with E-state index < -0.39 is 0 Å². The predicted molar refractivity (Wildman–Crippen MR) is 87.9 cm³/mol. The van der Waals surface area contributed by atoms with Gasteiger partial charge in [-0.2, -0.15) is 0 Å². The molecule has 0 fully saturated rings. The van der Waals surface area contributed by atoms with Gasteiger partial charge in [0.05, 0.1) is 6.04 Å². The topological polar surface area (TPSA) is 20.3 Å². The SMILES string of the molecule is Cc1ccc(C)c(C(=O)N(C)C(C)c2cccc(Cl)c2)c1. The molecule has 2 nitrogen and oxygen atoms in total. The van der Waals surface area contributed by atoms with E-state index in [4.69, 9.17) is 11.6 Å². The lowest BCUT2D eigenvalue weighted by atomic mass is 10.0. The van der Waals surface area contributed by atoms with E-state index in [-0.39, 0.29) is 11.9 Å². The molecule has 0 N–H and O–H groups in total. The highest BCUT2D eigenvalue weighted by atomic mass is 35.5. The van der Waals surface area contributed by atoms with Gasteiger partial charge in [0.2, 0.25) is 0 Å². The van der Waals surface area contributed by atoms with Gasteiger partial charge < -0.3 is 4.90 Å². The van der Waals surface area contributed by atoms with Crippen molar-refractivity contribution in [2.45, 2.75) is 26.8 Å². The summed E-state index contributed by atoms with van der Waals surface area (Å²) in [6.45, 7) is 5.97. The van der Waals surface area contributed by atoms with Gasteiger partial charge in [-0.15, -0.1) is 0 Å². The number of hydrogen-bond acceptors (Lipinski definition) is 1. The van der Waals surface area contributed by atoms with Crippen molar-refractivity contribution in [3.05, 3.63) is 69.7 Å². The fourth-order valence-corrected chi connectivity index (χ4v) is 2.52. The summed E-state index contributed by atoms with van der Waals surface area (Å²) in [5.74, 6) is 0.0312. The van der Waals surface area contributed by atoms with Crippen LogP contribution in [0, 0.1) is 13.8 Å². The maximum Gasteiger partial charge on any atom is 0.254 e. The van der Waals surface area contributed by atoms with Crippen LogP contribution in [0.5, 0.6) is 0 Å². The normalized spacial score (nSPS) is 12.0. The quantitative estimate of drug-likeness (QED) is 0.798. The number of hydrogen-bond donors (Lipinski definition) is 0. The lowest BCUT2D eigenvalue weighted by molar-refractivity contribution is 0.0742. The molecule has 110 valence electrons. The molecule has 0 saturated heterocycles. The molecule has 21 heavy (non-hydrogen) atoms. The minimum absolute atomic E-state index is 0.0312. The molecule has 2 aromatic carbocycles. The van der Waals surface area contributed by atoms with Crippen molar-refractivity contribution < 1.29 is 4.79 Å². The van der Waals surface area contributed by atoms with Crippen molar-refractivity contribution in [2.75, 3.05) is 7.05 Å². The van der Waals surface area contributed by atoms with Crippen LogP contribution in [0.15, 0.2) is 42.5 Å². The molecular weight excluding hydrogens is 282 g/mol. The monoisotopic (exact) mass is 301 g/mol. The summed E-state index contributed by atoms with van der Waals surface area (Å²) < 4.78 is 0. The first-order valence-electron chi connectivity index (χ1n) is 7.00. The van der Waals surface area contributed by atoms with Gasteiger partial charge in [0, 0.05) is 17.6 Å². The molecule has 2 aromatic rings. The van der Waals surface area contributed by atoms with Gasteiger partial charge >= 0.3 is 0 Å². The number of carbonyl (C=O) groups excluding carboxylic acids is 1. The highest BCUT2D eigenvalue weighted by Crippen LogP contribution is 2.24. The standard InChI is InChI=1S/C18H20ClNO/c1-12-8-9-13(2)17(10-12)18(21)20(4)14(3)15-6-5-7-16(19)11-15/h5-11,14H,1-4H3. The van der Waals surface area contributed by atoms with E-state index in [1.807, 2.05) is 70.3 Å². The van der Waals surface area contributed by atoms with Gasteiger partial charge in [-0.05, 0) is 50.1 Å². The maximum atomic E-state index is 12.7. The minimum Gasteiger partial charge on any atom is -0.335 e. The smallest absolute Gasteiger partial charge is 0.254 e. The van der Waals surface area contributed by atoms with Crippen molar-refractivity contribution in [3.8, 4) is 0 Å². The molecule has 0 aliphatic rings. The Morgan fingerprint density at radius 3 is 2.52 bits per heavy atom. The lowest BCUT2D eigenvalue weighted by Crippen LogP contribution is -2.30. The molecule has 0 heterocycles. The first-order chi connectivity index (χ1) is 9.90. The Bertz CT molecular complexity index is 666. The van der Waals surface area contributed by atoms with Crippen LogP contribution in [0.25, 0.3) is 0 Å². The summed E-state index contributed by atoms with van der Waals surface area (Å²) in [6.07, 6.45) is 0. The Morgan fingerprint density at radius 2 is 1.86 bits per heavy atom. The Labute approximate surface area is 131 Å². The summed E-state index contributed by atoms with van der Waals surface area (Å²) in [5.41, 5.74) is 3.87. The summed E-state index contributed by atoms with van der Waals surface area (Å²) >= 11 is 6.03. The molecule has 0 aromatic heterocycles. The zero-order valence-corrected chi connectivity index (χ0v) is 13.6. The number of carbonyl (C=O) groups is 1. The Morgan fingerprint density at radius 1 is 1.14 bits per heavy atom. The minimum atomic E-state index is -0.0314. The number of aryl methyl sites for hydroxylation is 2. The highest BCUT2D eigenvalue weighted by molar-refractivity contribution is 6.30. The van der Waals surface area contributed by atoms with Gasteiger partial charge in [0.1, 0.15) is 0 Å². The van der Waals surface area contributed by atoms with E-state index in [0.29, 0.717) is 5.02 Å². The van der Waals surface area contributed by atoms with Crippen LogP contribution in [-0.4, -0.2) is 17.9 Å². The molecule has 1 amide bonds. The number of nitrogens with zero attached hydrogens (tertiary/aromatic N) is 1. The van der Waals surface area contributed by atoms with E-state index in [9.17, 15) is 4.79 Å². The van der Waals surface area contributed by atoms with Crippen LogP contribution in [0.1, 0.15) is 40.0 Å². The molecule has 3 heteroatoms. The molecular formula is C18H20ClNO. The van der Waals surface area contributed by atoms with E-state index in [1.165, 1.54) is 0 Å². The summed E-state index contributed by atoms with van der Waals surface area (Å²) in [4.78, 5) is 14.5. The third kappa shape index (κ3) is 3.45. The fourth-order valence-electron chi connectivity index (χ4n) is 2.32. The van der Waals surface area contributed by atoms with Crippen LogP contribution < -0.4 is 0 Å². The van der Waals surface area contributed by atoms with Gasteiger partial charge in [-0.25, -0.2) is 0 Å². The van der Waals surface area contributed by atoms with Crippen LogP contribution in [0.3, 0.4) is 0 Å². The average molecular weight is 302 g/mol. The number of halogens is 1. The van der Waals surface area contributed by atoms with Crippen molar-refractivity contribution >= 4 is 17.5 Å². The van der Waals surface area contributed by atoms with Gasteiger partial charge in [-0.1, -0.05) is 41.4 Å². The van der Waals surface area contributed by atoms with Crippen LogP contribution in [0.2, 0.25) is 5.02 Å². The van der Waals surface area contributed by atoms with E-state index in [0.717, 1.165) is 22.3 Å². The predicted octanol–water partition coefficient (Wildman–Crippen LogP) is 4.79. The lowest BCUT2D eigenvalue weighted by Gasteiger charge is -2.26. The van der Waals surface area contributed by atoms with E-state index in [2.05, 4.69) is 0 Å². The van der Waals surface area contributed by atoms with Gasteiger partial charge in [-0.3, -0.25) is 4.79 Å². The van der Waals surface area contributed by atoms with Crippen LogP contribution >= 0.6 is 11.6 Å². The van der Waals surface area contributed by atoms with Crippen molar-refractivity contribution in [3.63, 3.8) is 0 Å². The third-order valence-corrected chi connectivity index (χ3v) is 4.09. The average Bonchev–Trinajstić information content (AvgIpc) is 2.47.